The number of hydrogen-bond donors (Lipinski definition) is 2. The Kier molecular flexibility index (Phi) is 8.56. The third-order valence-corrected chi connectivity index (χ3v) is 6.65. The zero-order valence-electron chi connectivity index (χ0n) is 21.2. The fraction of sp³-hybridized carbons (Fsp3) is 0.300. The minimum absolute atomic E-state index is 0.252. The summed E-state index contributed by atoms with van der Waals surface area (Å²) in [7, 11) is 1.55. The molecule has 37 heavy (non-hydrogen) atoms. The second-order valence-corrected chi connectivity index (χ2v) is 9.06. The Morgan fingerprint density at radius 1 is 0.946 bits per heavy atom. The third kappa shape index (κ3) is 5.82. The first kappa shape index (κ1) is 25.9. The number of amides is 3. The molecule has 1 aliphatic heterocycles. The molecule has 1 heterocycles. The van der Waals surface area contributed by atoms with Crippen molar-refractivity contribution in [2.45, 2.75) is 32.1 Å². The molecule has 192 valence electrons. The maximum Gasteiger partial charge on any atom is 0.261 e. The number of nitrogens with zero attached hydrogens (tertiary/aromatic N) is 1. The topological polar surface area (TPSA) is 87.7 Å². The van der Waals surface area contributed by atoms with Crippen LogP contribution >= 0.6 is 0 Å². The van der Waals surface area contributed by atoms with Crippen molar-refractivity contribution in [1.82, 2.24) is 10.2 Å². The SMILES string of the molecule is C=CC(=O)NCCNc1c(OC)cc2c3c(cccc13)C(=O)N(CCCCCCc1ccccc1)C2=O. The predicted molar refractivity (Wildman–Crippen MR) is 146 cm³/mol. The molecule has 0 atom stereocenters. The average molecular weight is 500 g/mol. The van der Waals surface area contributed by atoms with Crippen molar-refractivity contribution in [3.05, 3.63) is 83.9 Å². The fourth-order valence-corrected chi connectivity index (χ4v) is 4.78. The first-order valence-electron chi connectivity index (χ1n) is 12.7. The number of rotatable bonds is 13. The summed E-state index contributed by atoms with van der Waals surface area (Å²) >= 11 is 0. The lowest BCUT2D eigenvalue weighted by Crippen LogP contribution is -2.41. The van der Waals surface area contributed by atoms with E-state index < -0.39 is 0 Å². The van der Waals surface area contributed by atoms with Gasteiger partial charge in [-0.25, -0.2) is 0 Å². The van der Waals surface area contributed by atoms with Gasteiger partial charge in [-0.15, -0.1) is 0 Å². The fourth-order valence-electron chi connectivity index (χ4n) is 4.78. The van der Waals surface area contributed by atoms with Crippen LogP contribution in [0.3, 0.4) is 0 Å². The number of imide groups is 1. The van der Waals surface area contributed by atoms with Crippen LogP contribution in [0.4, 0.5) is 5.69 Å². The van der Waals surface area contributed by atoms with E-state index in [9.17, 15) is 14.4 Å². The molecule has 0 unspecified atom stereocenters. The van der Waals surface area contributed by atoms with E-state index >= 15 is 0 Å². The Balaban J connectivity index is 1.45. The van der Waals surface area contributed by atoms with Crippen LogP contribution in [0.15, 0.2) is 67.3 Å². The standard InChI is InChI=1S/C30H33N3O4/c1-3-26(34)31-17-18-32-28-22-15-11-16-23-27(22)24(20-25(28)37-2)30(36)33(29(23)35)19-10-5-4-7-12-21-13-8-6-9-14-21/h3,6,8-9,11,13-16,20,32H,1,4-5,7,10,12,17-19H2,2H3,(H,31,34). The summed E-state index contributed by atoms with van der Waals surface area (Å²) in [6, 6.07) is 17.6. The van der Waals surface area contributed by atoms with Crippen molar-refractivity contribution in [2.75, 3.05) is 32.1 Å². The number of aryl methyl sites for hydroxylation is 1. The van der Waals surface area contributed by atoms with E-state index in [1.165, 1.54) is 16.5 Å². The zero-order chi connectivity index (χ0) is 26.2. The molecule has 1 aliphatic rings. The van der Waals surface area contributed by atoms with Crippen molar-refractivity contribution in [3.8, 4) is 5.75 Å². The van der Waals surface area contributed by atoms with Gasteiger partial charge >= 0.3 is 0 Å². The Morgan fingerprint density at radius 2 is 1.70 bits per heavy atom. The first-order valence-corrected chi connectivity index (χ1v) is 12.7. The predicted octanol–water partition coefficient (Wildman–Crippen LogP) is 4.96. The van der Waals surface area contributed by atoms with Crippen LogP contribution in [-0.2, 0) is 11.2 Å². The summed E-state index contributed by atoms with van der Waals surface area (Å²) in [4.78, 5) is 39.6. The molecule has 0 bridgehead atoms. The highest BCUT2D eigenvalue weighted by molar-refractivity contribution is 6.27. The minimum atomic E-state index is -0.291. The van der Waals surface area contributed by atoms with E-state index in [0.29, 0.717) is 47.6 Å². The summed E-state index contributed by atoms with van der Waals surface area (Å²) in [6.07, 6.45) is 6.11. The van der Waals surface area contributed by atoms with E-state index in [1.54, 1.807) is 19.2 Å². The van der Waals surface area contributed by atoms with Crippen molar-refractivity contribution < 1.29 is 19.1 Å². The normalized spacial score (nSPS) is 12.5. The van der Waals surface area contributed by atoms with Crippen LogP contribution in [0.2, 0.25) is 0 Å². The molecular formula is C30H33N3O4. The molecule has 0 radical (unpaired) electrons. The summed E-state index contributed by atoms with van der Waals surface area (Å²) in [5.74, 6) is -0.292. The molecule has 7 heteroatoms. The summed E-state index contributed by atoms with van der Waals surface area (Å²) in [6.45, 7) is 4.66. The molecule has 2 N–H and O–H groups in total. The largest absolute Gasteiger partial charge is 0.495 e. The van der Waals surface area contributed by atoms with Crippen LogP contribution in [-0.4, -0.2) is 49.4 Å². The lowest BCUT2D eigenvalue weighted by atomic mass is 9.92. The summed E-state index contributed by atoms with van der Waals surface area (Å²) < 4.78 is 5.61. The Labute approximate surface area is 217 Å². The van der Waals surface area contributed by atoms with Crippen LogP contribution in [0.1, 0.15) is 52.0 Å². The second-order valence-electron chi connectivity index (χ2n) is 9.06. The van der Waals surface area contributed by atoms with Gasteiger partial charge in [0.15, 0.2) is 0 Å². The smallest absolute Gasteiger partial charge is 0.261 e. The molecule has 3 amide bonds. The molecule has 0 fully saturated rings. The number of unbranched alkanes of at least 4 members (excludes halogenated alkanes) is 3. The molecule has 0 aromatic heterocycles. The molecule has 3 aromatic carbocycles. The Bertz CT molecular complexity index is 1300. The van der Waals surface area contributed by atoms with E-state index in [0.717, 1.165) is 37.5 Å². The highest BCUT2D eigenvalue weighted by Crippen LogP contribution is 2.40. The lowest BCUT2D eigenvalue weighted by Gasteiger charge is -2.28. The lowest BCUT2D eigenvalue weighted by molar-refractivity contribution is -0.116. The molecule has 0 saturated heterocycles. The number of methoxy groups -OCH3 is 1. The van der Waals surface area contributed by atoms with Crippen molar-refractivity contribution in [2.24, 2.45) is 0 Å². The van der Waals surface area contributed by atoms with Gasteiger partial charge in [0.25, 0.3) is 11.8 Å². The van der Waals surface area contributed by atoms with Crippen molar-refractivity contribution >= 4 is 34.2 Å². The van der Waals surface area contributed by atoms with E-state index in [2.05, 4.69) is 41.5 Å². The van der Waals surface area contributed by atoms with Gasteiger partial charge in [0, 0.05) is 36.0 Å². The Morgan fingerprint density at radius 3 is 2.46 bits per heavy atom. The van der Waals surface area contributed by atoms with E-state index in [4.69, 9.17) is 4.74 Å². The summed E-state index contributed by atoms with van der Waals surface area (Å²) in [5, 5.41) is 7.38. The number of nitrogens with one attached hydrogen (secondary N) is 2. The highest BCUT2D eigenvalue weighted by atomic mass is 16.5. The molecule has 4 rings (SSSR count). The van der Waals surface area contributed by atoms with Crippen molar-refractivity contribution in [1.29, 1.82) is 0 Å². The quantitative estimate of drug-likeness (QED) is 0.197. The van der Waals surface area contributed by atoms with Gasteiger partial charge in [0.1, 0.15) is 5.75 Å². The van der Waals surface area contributed by atoms with Crippen LogP contribution in [0, 0.1) is 0 Å². The monoisotopic (exact) mass is 499 g/mol. The van der Waals surface area contributed by atoms with Gasteiger partial charge in [-0.05, 0) is 43.0 Å². The maximum absolute atomic E-state index is 13.4. The molecular weight excluding hydrogens is 466 g/mol. The molecule has 0 aliphatic carbocycles. The third-order valence-electron chi connectivity index (χ3n) is 6.65. The molecule has 7 nitrogen and oxygen atoms in total. The second kappa shape index (κ2) is 12.2. The Hall–Kier alpha value is -4.13. The first-order chi connectivity index (χ1) is 18.0. The van der Waals surface area contributed by atoms with E-state index in [-0.39, 0.29) is 17.7 Å². The number of carbonyl (C=O) groups excluding carboxylic acids is 3. The molecule has 0 saturated carbocycles. The summed E-state index contributed by atoms with van der Waals surface area (Å²) in [5.41, 5.74) is 3.00. The van der Waals surface area contributed by atoms with Gasteiger partial charge in [0.2, 0.25) is 5.91 Å². The number of carbonyl (C=O) groups is 3. The van der Waals surface area contributed by atoms with Gasteiger partial charge in [-0.1, -0.05) is 61.9 Å². The maximum atomic E-state index is 13.4. The van der Waals surface area contributed by atoms with Crippen LogP contribution in [0.5, 0.6) is 5.75 Å². The van der Waals surface area contributed by atoms with Crippen molar-refractivity contribution in [3.63, 3.8) is 0 Å². The average Bonchev–Trinajstić information content (AvgIpc) is 2.93. The highest BCUT2D eigenvalue weighted by Gasteiger charge is 2.34. The van der Waals surface area contributed by atoms with Gasteiger partial charge in [-0.3, -0.25) is 19.3 Å². The number of ether oxygens (including phenoxy) is 1. The number of benzene rings is 3. The van der Waals surface area contributed by atoms with E-state index in [1.807, 2.05) is 18.2 Å². The minimum Gasteiger partial charge on any atom is -0.495 e. The zero-order valence-corrected chi connectivity index (χ0v) is 21.2. The molecule has 0 spiro atoms. The number of hydrogen-bond acceptors (Lipinski definition) is 5. The molecule has 3 aromatic rings. The number of anilines is 1. The van der Waals surface area contributed by atoms with Gasteiger partial charge < -0.3 is 15.4 Å². The van der Waals surface area contributed by atoms with Gasteiger partial charge in [0.05, 0.1) is 18.4 Å². The van der Waals surface area contributed by atoms with Crippen LogP contribution < -0.4 is 15.4 Å². The van der Waals surface area contributed by atoms with Gasteiger partial charge in [-0.2, -0.15) is 0 Å². The van der Waals surface area contributed by atoms with Crippen LogP contribution in [0.25, 0.3) is 10.8 Å².